The topological polar surface area (TPSA) is 125 Å². The summed E-state index contributed by atoms with van der Waals surface area (Å²) in [5, 5.41) is 8.86. The van der Waals surface area contributed by atoms with Gasteiger partial charge in [0.1, 0.15) is 10.6 Å². The second kappa shape index (κ2) is 8.05. The molecule has 4 rings (SSSR count). The fourth-order valence-corrected chi connectivity index (χ4v) is 5.00. The Bertz CT molecular complexity index is 1360. The fourth-order valence-electron chi connectivity index (χ4n) is 3.60. The predicted octanol–water partition coefficient (Wildman–Crippen LogP) is 2.96. The zero-order valence-electron chi connectivity index (χ0n) is 17.4. The van der Waals surface area contributed by atoms with Crippen molar-refractivity contribution in [3.05, 3.63) is 65.0 Å². The zero-order valence-corrected chi connectivity index (χ0v) is 18.2. The summed E-state index contributed by atoms with van der Waals surface area (Å²) in [5.74, 6) is 0.393. The lowest BCUT2D eigenvalue weighted by Gasteiger charge is -2.13. The molecule has 0 bridgehead atoms. The van der Waals surface area contributed by atoms with Crippen molar-refractivity contribution in [2.75, 3.05) is 11.8 Å². The molecule has 2 aromatic carbocycles. The Labute approximate surface area is 179 Å². The van der Waals surface area contributed by atoms with Gasteiger partial charge in [-0.2, -0.15) is 5.10 Å². The van der Waals surface area contributed by atoms with Crippen molar-refractivity contribution in [1.29, 1.82) is 0 Å². The Morgan fingerprint density at radius 3 is 2.71 bits per heavy atom. The molecule has 0 aliphatic heterocycles. The van der Waals surface area contributed by atoms with Crippen LogP contribution in [0.1, 0.15) is 22.3 Å². The highest BCUT2D eigenvalue weighted by atomic mass is 32.2. The smallest absolute Gasteiger partial charge is 0.267 e. The molecule has 0 aliphatic carbocycles. The molecule has 2 aromatic heterocycles. The average Bonchev–Trinajstić information content (AvgIpc) is 3.34. The number of benzene rings is 2. The van der Waals surface area contributed by atoms with Gasteiger partial charge in [0.05, 0.1) is 25.2 Å². The Balaban J connectivity index is 1.68. The van der Waals surface area contributed by atoms with Crippen LogP contribution in [0.2, 0.25) is 0 Å². The molecule has 31 heavy (non-hydrogen) atoms. The van der Waals surface area contributed by atoms with Crippen LogP contribution in [0.25, 0.3) is 11.0 Å². The Kier molecular flexibility index (Phi) is 5.42. The van der Waals surface area contributed by atoms with Gasteiger partial charge >= 0.3 is 0 Å². The molecule has 0 atom stereocenters. The van der Waals surface area contributed by atoms with Crippen LogP contribution in [-0.4, -0.2) is 30.5 Å². The first-order chi connectivity index (χ1) is 14.8. The van der Waals surface area contributed by atoms with Crippen molar-refractivity contribution < 1.29 is 17.7 Å². The van der Waals surface area contributed by atoms with Crippen molar-refractivity contribution >= 4 is 26.8 Å². The maximum absolute atomic E-state index is 13.1. The van der Waals surface area contributed by atoms with Gasteiger partial charge in [-0.1, -0.05) is 23.4 Å². The first kappa shape index (κ1) is 20.9. The van der Waals surface area contributed by atoms with E-state index in [1.807, 2.05) is 25.3 Å². The van der Waals surface area contributed by atoms with E-state index in [0.717, 1.165) is 16.7 Å². The number of rotatable bonds is 7. The van der Waals surface area contributed by atoms with E-state index in [-0.39, 0.29) is 16.5 Å². The summed E-state index contributed by atoms with van der Waals surface area (Å²) in [5.41, 5.74) is 9.40. The Hall–Kier alpha value is -3.37. The third-order valence-electron chi connectivity index (χ3n) is 4.99. The van der Waals surface area contributed by atoms with Crippen molar-refractivity contribution in [3.63, 3.8) is 0 Å². The van der Waals surface area contributed by atoms with E-state index >= 15 is 0 Å². The third kappa shape index (κ3) is 3.99. The largest absolute Gasteiger partial charge is 0.495 e. The highest BCUT2D eigenvalue weighted by molar-refractivity contribution is 7.92. The molecule has 10 heteroatoms. The minimum absolute atomic E-state index is 0.0670. The van der Waals surface area contributed by atoms with Crippen molar-refractivity contribution in [2.45, 2.75) is 31.8 Å². The first-order valence-corrected chi connectivity index (χ1v) is 11.1. The van der Waals surface area contributed by atoms with Crippen LogP contribution in [0.15, 0.2) is 52.1 Å². The van der Waals surface area contributed by atoms with Crippen molar-refractivity contribution in [2.24, 2.45) is 5.73 Å². The number of ether oxygens (including phenoxy) is 1. The van der Waals surface area contributed by atoms with Crippen LogP contribution in [0.4, 0.5) is 5.82 Å². The van der Waals surface area contributed by atoms with E-state index in [0.29, 0.717) is 29.6 Å². The number of anilines is 1. The van der Waals surface area contributed by atoms with Gasteiger partial charge in [0.15, 0.2) is 11.4 Å². The van der Waals surface area contributed by atoms with Gasteiger partial charge in [0.25, 0.3) is 10.0 Å². The normalized spacial score (nSPS) is 11.7. The fraction of sp³-hybridized carbons (Fsp3) is 0.238. The lowest BCUT2D eigenvalue weighted by Crippen LogP contribution is -2.16. The summed E-state index contributed by atoms with van der Waals surface area (Å²) in [6.45, 7) is 4.54. The van der Waals surface area contributed by atoms with E-state index in [2.05, 4.69) is 15.0 Å². The van der Waals surface area contributed by atoms with E-state index < -0.39 is 10.0 Å². The summed E-state index contributed by atoms with van der Waals surface area (Å²) in [7, 11) is -2.52. The molecule has 4 aromatic rings. The Morgan fingerprint density at radius 1 is 1.19 bits per heavy atom. The maximum Gasteiger partial charge on any atom is 0.267 e. The molecule has 162 valence electrons. The highest BCUT2D eigenvalue weighted by Crippen LogP contribution is 2.32. The molecule has 2 heterocycles. The van der Waals surface area contributed by atoms with Crippen LogP contribution < -0.4 is 15.2 Å². The summed E-state index contributed by atoms with van der Waals surface area (Å²) in [4.78, 5) is 0.0670. The average molecular weight is 442 g/mol. The van der Waals surface area contributed by atoms with Crippen molar-refractivity contribution in [1.82, 2.24) is 14.9 Å². The van der Waals surface area contributed by atoms with Gasteiger partial charge in [-0.3, -0.25) is 9.40 Å². The molecule has 0 spiro atoms. The molecule has 0 amide bonds. The molecular weight excluding hydrogens is 418 g/mol. The SMILES string of the molecule is COc1cccc(C)c1S(=O)(=O)Nc1noc2cc(Cn3cc(CN)cn3)cc(C)c12. The monoisotopic (exact) mass is 441 g/mol. The van der Waals surface area contributed by atoms with Gasteiger partial charge < -0.3 is 15.0 Å². The number of aryl methyl sites for hydroxylation is 2. The second-order valence-corrected chi connectivity index (χ2v) is 8.90. The van der Waals surface area contributed by atoms with Gasteiger partial charge in [0, 0.05) is 18.3 Å². The van der Waals surface area contributed by atoms with Crippen LogP contribution in [-0.2, 0) is 23.1 Å². The molecule has 0 unspecified atom stereocenters. The van der Waals surface area contributed by atoms with E-state index in [9.17, 15) is 8.42 Å². The number of nitrogens with zero attached hydrogens (tertiary/aromatic N) is 3. The molecule has 0 fully saturated rings. The van der Waals surface area contributed by atoms with Crippen LogP contribution in [0.3, 0.4) is 0 Å². The van der Waals surface area contributed by atoms with E-state index in [1.165, 1.54) is 7.11 Å². The van der Waals surface area contributed by atoms with E-state index in [4.69, 9.17) is 15.0 Å². The maximum atomic E-state index is 13.1. The van der Waals surface area contributed by atoms with Gasteiger partial charge in [-0.05, 0) is 42.7 Å². The molecule has 0 aliphatic rings. The summed E-state index contributed by atoms with van der Waals surface area (Å²) in [6, 6.07) is 8.83. The number of hydrogen-bond acceptors (Lipinski definition) is 7. The first-order valence-electron chi connectivity index (χ1n) is 9.59. The highest BCUT2D eigenvalue weighted by Gasteiger charge is 2.25. The second-order valence-electron chi connectivity index (χ2n) is 7.28. The van der Waals surface area contributed by atoms with Crippen LogP contribution >= 0.6 is 0 Å². The molecule has 9 nitrogen and oxygen atoms in total. The van der Waals surface area contributed by atoms with Gasteiger partial charge in [-0.25, -0.2) is 8.42 Å². The molecule has 0 saturated heterocycles. The number of sulfonamides is 1. The third-order valence-corrected chi connectivity index (χ3v) is 6.52. The van der Waals surface area contributed by atoms with Gasteiger partial charge in [-0.15, -0.1) is 0 Å². The van der Waals surface area contributed by atoms with Crippen LogP contribution in [0, 0.1) is 13.8 Å². The zero-order chi connectivity index (χ0) is 22.2. The van der Waals surface area contributed by atoms with Gasteiger partial charge in [0.2, 0.25) is 0 Å². The van der Waals surface area contributed by atoms with Crippen molar-refractivity contribution in [3.8, 4) is 5.75 Å². The number of hydrogen-bond donors (Lipinski definition) is 2. The molecule has 0 radical (unpaired) electrons. The standard InChI is InChI=1S/C21H23N5O4S/c1-13-5-4-6-17(29-3)20(13)31(27,28)25-21-19-14(2)7-15(8-18(19)30-24-21)11-26-12-16(9-22)10-23-26/h4-8,10,12H,9,11,22H2,1-3H3,(H,24,25). The number of methoxy groups -OCH3 is 1. The molecule has 3 N–H and O–H groups in total. The summed E-state index contributed by atoms with van der Waals surface area (Å²) < 4.78 is 41.2. The predicted molar refractivity (Wildman–Crippen MR) is 117 cm³/mol. The minimum atomic E-state index is -3.95. The minimum Gasteiger partial charge on any atom is -0.495 e. The summed E-state index contributed by atoms with van der Waals surface area (Å²) in [6.07, 6.45) is 3.61. The number of aromatic nitrogens is 3. The molecule has 0 saturated carbocycles. The quantitative estimate of drug-likeness (QED) is 0.452. The molecular formula is C21H23N5O4S. The van der Waals surface area contributed by atoms with Crippen LogP contribution in [0.5, 0.6) is 5.75 Å². The number of fused-ring (bicyclic) bond motifs is 1. The number of nitrogens with two attached hydrogens (primary N) is 1. The summed E-state index contributed by atoms with van der Waals surface area (Å²) >= 11 is 0. The Morgan fingerprint density at radius 2 is 2.00 bits per heavy atom. The number of nitrogens with one attached hydrogen (secondary N) is 1. The van der Waals surface area contributed by atoms with E-state index in [1.54, 1.807) is 36.0 Å². The lowest BCUT2D eigenvalue weighted by molar-refractivity contribution is 0.402. The lowest BCUT2D eigenvalue weighted by atomic mass is 10.1.